The van der Waals surface area contributed by atoms with E-state index in [1.54, 1.807) is 6.07 Å². The summed E-state index contributed by atoms with van der Waals surface area (Å²) in [5.74, 6) is 0.545. The van der Waals surface area contributed by atoms with Crippen LogP contribution in [0.5, 0.6) is 0 Å². The van der Waals surface area contributed by atoms with Crippen molar-refractivity contribution in [2.75, 3.05) is 6.54 Å². The molecule has 1 saturated carbocycles. The smallest absolute Gasteiger partial charge is 0.124 e. The Bertz CT molecular complexity index is 348. The van der Waals surface area contributed by atoms with Crippen LogP contribution in [0.15, 0.2) is 18.2 Å². The molecule has 0 unspecified atom stereocenters. The van der Waals surface area contributed by atoms with Crippen molar-refractivity contribution in [2.24, 2.45) is 5.92 Å². The van der Waals surface area contributed by atoms with E-state index in [0.29, 0.717) is 5.02 Å². The predicted octanol–water partition coefficient (Wildman–Crippen LogP) is 3.76. The van der Waals surface area contributed by atoms with Gasteiger partial charge in [0, 0.05) is 11.6 Å². The fourth-order valence-electron chi connectivity index (χ4n) is 2.29. The monoisotopic (exact) mass is 241 g/mol. The zero-order chi connectivity index (χ0) is 11.4. The first kappa shape index (κ1) is 11.9. The van der Waals surface area contributed by atoms with E-state index in [1.807, 2.05) is 0 Å². The quantitative estimate of drug-likeness (QED) is 0.847. The van der Waals surface area contributed by atoms with E-state index in [4.69, 9.17) is 11.6 Å². The van der Waals surface area contributed by atoms with Crippen molar-refractivity contribution in [3.63, 3.8) is 0 Å². The van der Waals surface area contributed by atoms with Gasteiger partial charge in [-0.3, -0.25) is 0 Å². The summed E-state index contributed by atoms with van der Waals surface area (Å²) in [5.41, 5.74) is 0.973. The van der Waals surface area contributed by atoms with Gasteiger partial charge in [0.05, 0.1) is 0 Å². The molecule has 1 aliphatic carbocycles. The molecule has 0 atom stereocenters. The lowest BCUT2D eigenvalue weighted by Crippen LogP contribution is -2.20. The van der Waals surface area contributed by atoms with Crippen LogP contribution >= 0.6 is 11.6 Å². The van der Waals surface area contributed by atoms with Crippen molar-refractivity contribution in [1.82, 2.24) is 5.32 Å². The highest BCUT2D eigenvalue weighted by molar-refractivity contribution is 6.31. The van der Waals surface area contributed by atoms with E-state index in [9.17, 15) is 4.39 Å². The molecular weight excluding hydrogens is 225 g/mol. The second-order valence-electron chi connectivity index (χ2n) is 4.52. The second kappa shape index (κ2) is 5.65. The van der Waals surface area contributed by atoms with Crippen LogP contribution in [-0.4, -0.2) is 6.54 Å². The van der Waals surface area contributed by atoms with Crippen molar-refractivity contribution in [3.8, 4) is 0 Å². The maximum Gasteiger partial charge on any atom is 0.124 e. The van der Waals surface area contributed by atoms with E-state index < -0.39 is 0 Å². The van der Waals surface area contributed by atoms with Crippen LogP contribution in [-0.2, 0) is 6.54 Å². The predicted molar refractivity (Wildman–Crippen MR) is 65.1 cm³/mol. The molecule has 1 fully saturated rings. The van der Waals surface area contributed by atoms with Crippen LogP contribution < -0.4 is 5.32 Å². The Morgan fingerprint density at radius 2 is 2.06 bits per heavy atom. The minimum atomic E-state index is -0.274. The molecule has 1 nitrogen and oxygen atoms in total. The molecule has 1 aromatic carbocycles. The van der Waals surface area contributed by atoms with Gasteiger partial charge in [-0.1, -0.05) is 30.5 Å². The van der Waals surface area contributed by atoms with E-state index in [2.05, 4.69) is 5.32 Å². The minimum Gasteiger partial charge on any atom is -0.312 e. The fourth-order valence-corrected chi connectivity index (χ4v) is 2.52. The standard InChI is InChI=1S/C13H17ClFN/c14-13-7-12(15)6-5-11(13)9-16-8-10-3-1-2-4-10/h5-7,10,16H,1-4,8-9H2. The molecule has 0 aliphatic heterocycles. The molecule has 2 rings (SSSR count). The summed E-state index contributed by atoms with van der Waals surface area (Å²) >= 11 is 5.94. The number of hydrogen-bond acceptors (Lipinski definition) is 1. The average Bonchev–Trinajstić information content (AvgIpc) is 2.74. The van der Waals surface area contributed by atoms with Crippen molar-refractivity contribution in [1.29, 1.82) is 0 Å². The van der Waals surface area contributed by atoms with Crippen LogP contribution in [0.3, 0.4) is 0 Å². The zero-order valence-corrected chi connectivity index (χ0v) is 10.1. The molecule has 1 aliphatic rings. The van der Waals surface area contributed by atoms with Gasteiger partial charge < -0.3 is 5.32 Å². The summed E-state index contributed by atoms with van der Waals surface area (Å²) < 4.78 is 12.8. The Hall–Kier alpha value is -0.600. The van der Waals surface area contributed by atoms with Gasteiger partial charge in [0.1, 0.15) is 5.82 Å². The average molecular weight is 242 g/mol. The summed E-state index contributed by atoms with van der Waals surface area (Å²) in [7, 11) is 0. The first-order valence-corrected chi connectivity index (χ1v) is 6.28. The molecule has 0 amide bonds. The van der Waals surface area contributed by atoms with Crippen molar-refractivity contribution < 1.29 is 4.39 Å². The molecule has 0 saturated heterocycles. The van der Waals surface area contributed by atoms with E-state index >= 15 is 0 Å². The Labute approximate surface area is 101 Å². The summed E-state index contributed by atoms with van der Waals surface area (Å²) in [5, 5.41) is 3.91. The SMILES string of the molecule is Fc1ccc(CNCC2CCCC2)c(Cl)c1. The normalized spacial score (nSPS) is 16.9. The third-order valence-corrected chi connectivity index (χ3v) is 3.59. The molecule has 1 aromatic rings. The van der Waals surface area contributed by atoms with Crippen LogP contribution in [0.1, 0.15) is 31.2 Å². The van der Waals surface area contributed by atoms with E-state index in [1.165, 1.54) is 37.8 Å². The molecule has 0 bridgehead atoms. The minimum absolute atomic E-state index is 0.274. The maximum atomic E-state index is 12.8. The van der Waals surface area contributed by atoms with Crippen LogP contribution in [0.2, 0.25) is 5.02 Å². The van der Waals surface area contributed by atoms with Gasteiger partial charge in [-0.2, -0.15) is 0 Å². The molecule has 16 heavy (non-hydrogen) atoms. The van der Waals surface area contributed by atoms with Crippen LogP contribution in [0.4, 0.5) is 4.39 Å². The third-order valence-electron chi connectivity index (χ3n) is 3.24. The van der Waals surface area contributed by atoms with Crippen LogP contribution in [0.25, 0.3) is 0 Å². The molecule has 88 valence electrons. The van der Waals surface area contributed by atoms with E-state index in [-0.39, 0.29) is 5.82 Å². The highest BCUT2D eigenvalue weighted by Gasteiger charge is 2.14. The summed E-state index contributed by atoms with van der Waals surface area (Å²) in [4.78, 5) is 0. The molecule has 1 N–H and O–H groups in total. The Morgan fingerprint density at radius 1 is 1.31 bits per heavy atom. The third kappa shape index (κ3) is 3.19. The number of rotatable bonds is 4. The lowest BCUT2D eigenvalue weighted by molar-refractivity contribution is 0.489. The van der Waals surface area contributed by atoms with Gasteiger partial charge >= 0.3 is 0 Å². The number of nitrogens with one attached hydrogen (secondary N) is 1. The van der Waals surface area contributed by atoms with Crippen molar-refractivity contribution >= 4 is 11.6 Å². The topological polar surface area (TPSA) is 12.0 Å². The number of halogens is 2. The highest BCUT2D eigenvalue weighted by Crippen LogP contribution is 2.24. The number of benzene rings is 1. The first-order valence-electron chi connectivity index (χ1n) is 5.90. The van der Waals surface area contributed by atoms with Crippen molar-refractivity contribution in [3.05, 3.63) is 34.6 Å². The second-order valence-corrected chi connectivity index (χ2v) is 4.92. The van der Waals surface area contributed by atoms with Gasteiger partial charge in [-0.25, -0.2) is 4.39 Å². The van der Waals surface area contributed by atoms with Gasteiger partial charge in [-0.05, 0) is 43.0 Å². The van der Waals surface area contributed by atoms with Gasteiger partial charge in [0.15, 0.2) is 0 Å². The van der Waals surface area contributed by atoms with Gasteiger partial charge in [-0.15, -0.1) is 0 Å². The molecule has 0 spiro atoms. The lowest BCUT2D eigenvalue weighted by atomic mass is 10.1. The zero-order valence-electron chi connectivity index (χ0n) is 9.31. The highest BCUT2D eigenvalue weighted by atomic mass is 35.5. The molecule has 0 aromatic heterocycles. The molecule has 0 radical (unpaired) electrons. The molecule has 0 heterocycles. The summed E-state index contributed by atoms with van der Waals surface area (Å²) in [6, 6.07) is 4.58. The fraction of sp³-hybridized carbons (Fsp3) is 0.538. The van der Waals surface area contributed by atoms with Crippen molar-refractivity contribution in [2.45, 2.75) is 32.2 Å². The number of hydrogen-bond donors (Lipinski definition) is 1. The first-order chi connectivity index (χ1) is 7.75. The van der Waals surface area contributed by atoms with Crippen LogP contribution in [0, 0.1) is 11.7 Å². The molecule has 3 heteroatoms. The Balaban J connectivity index is 1.80. The lowest BCUT2D eigenvalue weighted by Gasteiger charge is -2.11. The summed E-state index contributed by atoms with van der Waals surface area (Å²) in [6.07, 6.45) is 5.40. The van der Waals surface area contributed by atoms with Gasteiger partial charge in [0.25, 0.3) is 0 Å². The van der Waals surface area contributed by atoms with E-state index in [0.717, 1.165) is 24.6 Å². The maximum absolute atomic E-state index is 12.8. The largest absolute Gasteiger partial charge is 0.312 e. The molecular formula is C13H17ClFN. The van der Waals surface area contributed by atoms with Gasteiger partial charge in [0.2, 0.25) is 0 Å². The Morgan fingerprint density at radius 3 is 2.75 bits per heavy atom. The summed E-state index contributed by atoms with van der Waals surface area (Å²) in [6.45, 7) is 1.78. The Kier molecular flexibility index (Phi) is 4.19.